The molecular formula is C69H112O12. The van der Waals surface area contributed by atoms with E-state index in [-0.39, 0.29) is 25.9 Å². The summed E-state index contributed by atoms with van der Waals surface area (Å²) < 4.78 is 28.5. The van der Waals surface area contributed by atoms with Crippen LogP contribution < -0.4 is 0 Å². The molecule has 0 bridgehead atoms. The van der Waals surface area contributed by atoms with E-state index in [1.54, 1.807) is 0 Å². The van der Waals surface area contributed by atoms with Crippen molar-refractivity contribution in [3.8, 4) is 0 Å². The van der Waals surface area contributed by atoms with Crippen LogP contribution in [-0.4, -0.2) is 89.2 Å². The number of ether oxygens (including phenoxy) is 5. The minimum Gasteiger partial charge on any atom is -0.479 e. The topological polar surface area (TPSA) is 175 Å². The van der Waals surface area contributed by atoms with E-state index in [0.717, 1.165) is 167 Å². The van der Waals surface area contributed by atoms with E-state index in [1.807, 2.05) is 0 Å². The highest BCUT2D eigenvalue weighted by Gasteiger charge is 2.50. The zero-order valence-corrected chi connectivity index (χ0v) is 50.7. The number of aliphatic carboxylic acids is 1. The van der Waals surface area contributed by atoms with Gasteiger partial charge in [-0.3, -0.25) is 14.4 Å². The van der Waals surface area contributed by atoms with E-state index < -0.39 is 67.3 Å². The smallest absolute Gasteiger partial charge is 0.335 e. The number of carbonyl (C=O) groups excluding carboxylic acids is 3. The van der Waals surface area contributed by atoms with E-state index in [4.69, 9.17) is 23.7 Å². The first-order valence-electron chi connectivity index (χ1n) is 31.9. The number of esters is 3. The van der Waals surface area contributed by atoms with Crippen LogP contribution in [0.3, 0.4) is 0 Å². The van der Waals surface area contributed by atoms with Crippen LogP contribution in [0.4, 0.5) is 0 Å². The Hall–Kier alpha value is -4.62. The summed E-state index contributed by atoms with van der Waals surface area (Å²) in [6, 6.07) is 0. The zero-order chi connectivity index (χ0) is 58.9. The van der Waals surface area contributed by atoms with Crippen LogP contribution in [0, 0.1) is 0 Å². The molecule has 1 aliphatic heterocycles. The van der Waals surface area contributed by atoms with Gasteiger partial charge in [0.05, 0.1) is 6.61 Å². The predicted molar refractivity (Wildman–Crippen MR) is 330 cm³/mol. The normalized spacial score (nSPS) is 18.5. The number of hydrogen-bond donors (Lipinski definition) is 3. The molecule has 12 nitrogen and oxygen atoms in total. The molecule has 81 heavy (non-hydrogen) atoms. The standard InChI is InChI=1S/C69H112O12/c1-4-7-10-13-16-19-22-25-27-29-31-33-35-38-40-43-46-49-52-55-61(70)77-58-60(79-62(71)56-53-50-47-44-42-39-36-34-32-30-28-26-23-20-17-14-11-8-5-2)59-78-69-67(65(74)64(73)66(81-69)68(75)76)80-63(72)57-54-51-48-45-41-37-24-21-18-15-12-9-6-3/h7,10,12,15-17,19-21,24-28,31-34,60,64-67,69,73-74H,4-6,8-9,11,13-14,18,22-23,29-30,35-59H2,1-3H3,(H,75,76)/b10-7-,15-12-,19-16-,20-17-,24-21-,27-25-,28-26-,33-31-,34-32-. The Morgan fingerprint density at radius 3 is 1.23 bits per heavy atom. The molecule has 0 aromatic rings. The third-order valence-corrected chi connectivity index (χ3v) is 13.8. The molecule has 12 heteroatoms. The number of allylic oxidation sites excluding steroid dienone is 18. The molecule has 0 spiro atoms. The summed E-state index contributed by atoms with van der Waals surface area (Å²) in [5, 5.41) is 31.5. The van der Waals surface area contributed by atoms with Crippen molar-refractivity contribution < 1.29 is 58.2 Å². The molecule has 1 aliphatic rings. The van der Waals surface area contributed by atoms with Crippen LogP contribution >= 0.6 is 0 Å². The van der Waals surface area contributed by atoms with Gasteiger partial charge in [0.2, 0.25) is 0 Å². The Kier molecular flexibility index (Phi) is 51.3. The lowest BCUT2D eigenvalue weighted by atomic mass is 9.98. The lowest BCUT2D eigenvalue weighted by molar-refractivity contribution is -0.301. The fourth-order valence-corrected chi connectivity index (χ4v) is 8.93. The van der Waals surface area contributed by atoms with E-state index in [0.29, 0.717) is 19.3 Å². The highest BCUT2D eigenvalue weighted by atomic mass is 16.7. The van der Waals surface area contributed by atoms with Crippen LogP contribution in [0.1, 0.15) is 252 Å². The van der Waals surface area contributed by atoms with Crippen molar-refractivity contribution in [1.29, 1.82) is 0 Å². The maximum atomic E-state index is 13.2. The van der Waals surface area contributed by atoms with Crippen molar-refractivity contribution in [3.05, 3.63) is 109 Å². The number of carboxylic acids is 1. The molecule has 1 saturated heterocycles. The summed E-state index contributed by atoms with van der Waals surface area (Å²) in [4.78, 5) is 51.3. The number of hydrogen-bond acceptors (Lipinski definition) is 11. The van der Waals surface area contributed by atoms with Crippen molar-refractivity contribution in [2.45, 2.75) is 289 Å². The van der Waals surface area contributed by atoms with Crippen molar-refractivity contribution >= 4 is 23.9 Å². The molecule has 6 atom stereocenters. The minimum atomic E-state index is -1.92. The zero-order valence-electron chi connectivity index (χ0n) is 50.7. The number of carboxylic acid groups (broad SMARTS) is 1. The predicted octanol–water partition coefficient (Wildman–Crippen LogP) is 17.0. The molecule has 1 fully saturated rings. The monoisotopic (exact) mass is 1130 g/mol. The summed E-state index contributed by atoms with van der Waals surface area (Å²) in [6.07, 6.45) is 63.3. The quantitative estimate of drug-likeness (QED) is 0.0228. The van der Waals surface area contributed by atoms with Gasteiger partial charge in [-0.2, -0.15) is 0 Å². The van der Waals surface area contributed by atoms with Gasteiger partial charge in [-0.25, -0.2) is 4.79 Å². The number of aliphatic hydroxyl groups excluding tert-OH is 2. The van der Waals surface area contributed by atoms with Crippen LogP contribution in [0.2, 0.25) is 0 Å². The molecule has 3 N–H and O–H groups in total. The molecular weight excluding hydrogens is 1020 g/mol. The molecule has 0 aliphatic carbocycles. The molecule has 0 aromatic heterocycles. The van der Waals surface area contributed by atoms with Crippen LogP contribution in [0.25, 0.3) is 0 Å². The van der Waals surface area contributed by atoms with E-state index in [9.17, 15) is 34.5 Å². The average Bonchev–Trinajstić information content (AvgIpc) is 3.46. The summed E-state index contributed by atoms with van der Waals surface area (Å²) >= 11 is 0. The Balaban J connectivity index is 2.69. The molecule has 0 aromatic carbocycles. The third-order valence-electron chi connectivity index (χ3n) is 13.8. The minimum absolute atomic E-state index is 0.0362. The number of carbonyl (C=O) groups is 4. The van der Waals surface area contributed by atoms with Gasteiger partial charge in [0.25, 0.3) is 0 Å². The first-order chi connectivity index (χ1) is 39.6. The summed E-state index contributed by atoms with van der Waals surface area (Å²) in [6.45, 7) is 5.76. The fraction of sp³-hybridized carbons (Fsp3) is 0.681. The largest absolute Gasteiger partial charge is 0.479 e. The van der Waals surface area contributed by atoms with Crippen LogP contribution in [0.5, 0.6) is 0 Å². The van der Waals surface area contributed by atoms with Crippen molar-refractivity contribution in [1.82, 2.24) is 0 Å². The molecule has 460 valence electrons. The Bertz CT molecular complexity index is 1820. The lowest BCUT2D eigenvalue weighted by Gasteiger charge is -2.40. The average molecular weight is 1130 g/mol. The third kappa shape index (κ3) is 45.6. The highest BCUT2D eigenvalue weighted by molar-refractivity contribution is 5.74. The first-order valence-corrected chi connectivity index (χ1v) is 31.9. The molecule has 0 radical (unpaired) electrons. The first kappa shape index (κ1) is 74.4. The second-order valence-corrected chi connectivity index (χ2v) is 21.3. The van der Waals surface area contributed by atoms with E-state index >= 15 is 0 Å². The Labute approximate surface area is 491 Å². The fourth-order valence-electron chi connectivity index (χ4n) is 8.93. The van der Waals surface area contributed by atoms with E-state index in [1.165, 1.54) is 25.7 Å². The maximum Gasteiger partial charge on any atom is 0.335 e. The summed E-state index contributed by atoms with van der Waals surface area (Å²) in [5.74, 6) is -3.18. The van der Waals surface area contributed by atoms with Crippen LogP contribution in [0.15, 0.2) is 109 Å². The molecule has 1 rings (SSSR count). The Morgan fingerprint density at radius 1 is 0.420 bits per heavy atom. The maximum absolute atomic E-state index is 13.2. The molecule has 0 amide bonds. The number of aliphatic hydroxyl groups is 2. The summed E-state index contributed by atoms with van der Waals surface area (Å²) in [5.41, 5.74) is 0. The Morgan fingerprint density at radius 2 is 0.802 bits per heavy atom. The van der Waals surface area contributed by atoms with Gasteiger partial charge in [0.15, 0.2) is 24.6 Å². The van der Waals surface area contributed by atoms with Gasteiger partial charge in [0.1, 0.15) is 18.8 Å². The van der Waals surface area contributed by atoms with Gasteiger partial charge in [0, 0.05) is 19.3 Å². The van der Waals surface area contributed by atoms with Crippen molar-refractivity contribution in [2.75, 3.05) is 13.2 Å². The number of unbranched alkanes of at least 4 members (excludes halogenated alkanes) is 21. The van der Waals surface area contributed by atoms with E-state index in [2.05, 4.69) is 130 Å². The number of rotatable bonds is 53. The molecule has 1 heterocycles. The SMILES string of the molecule is CC/C=C\C/C=C\C/C=C\C/C=C\CCCCCCCCC(=O)OCC(COC1OC(C(=O)O)C(O)C(O)C1OC(=O)CCCCCCC/C=C\C/C=C\CCC)OC(=O)CCCCCCCC/C=C\C/C=C\C/C=C\CCCCC. The van der Waals surface area contributed by atoms with Crippen molar-refractivity contribution in [2.24, 2.45) is 0 Å². The van der Waals surface area contributed by atoms with Gasteiger partial charge in [-0.05, 0) is 122 Å². The second kappa shape index (κ2) is 55.9. The van der Waals surface area contributed by atoms with Gasteiger partial charge in [-0.1, -0.05) is 220 Å². The highest BCUT2D eigenvalue weighted by Crippen LogP contribution is 2.26. The van der Waals surface area contributed by atoms with Gasteiger partial charge < -0.3 is 39.0 Å². The van der Waals surface area contributed by atoms with Gasteiger partial charge >= 0.3 is 23.9 Å². The lowest BCUT2D eigenvalue weighted by Crippen LogP contribution is -2.61. The van der Waals surface area contributed by atoms with Crippen LogP contribution in [-0.2, 0) is 42.9 Å². The summed E-state index contributed by atoms with van der Waals surface area (Å²) in [7, 11) is 0. The second-order valence-electron chi connectivity index (χ2n) is 21.3. The van der Waals surface area contributed by atoms with Gasteiger partial charge in [-0.15, -0.1) is 0 Å². The van der Waals surface area contributed by atoms with Crippen molar-refractivity contribution in [3.63, 3.8) is 0 Å². The molecule has 0 saturated carbocycles. The molecule has 6 unspecified atom stereocenters.